The maximum absolute atomic E-state index is 12.3. The Balaban J connectivity index is 1.64. The molecule has 1 aliphatic rings. The number of hydrogen-bond donors (Lipinski definition) is 0. The predicted molar refractivity (Wildman–Crippen MR) is 118 cm³/mol. The molecule has 2 aromatic carbocycles. The highest BCUT2D eigenvalue weighted by molar-refractivity contribution is 7.14. The number of nitrogens with zero attached hydrogens (tertiary/aromatic N) is 3. The first-order valence-corrected chi connectivity index (χ1v) is 10.2. The van der Waals surface area contributed by atoms with Gasteiger partial charge in [0, 0.05) is 17.9 Å². The van der Waals surface area contributed by atoms with Gasteiger partial charge in [0.2, 0.25) is 11.8 Å². The highest BCUT2D eigenvalue weighted by Gasteiger charge is 2.25. The van der Waals surface area contributed by atoms with E-state index >= 15 is 0 Å². The summed E-state index contributed by atoms with van der Waals surface area (Å²) in [7, 11) is 0. The number of carbonyl (C=O) groups excluding carboxylic acids is 2. The number of hydrogen-bond acceptors (Lipinski definition) is 6. The van der Waals surface area contributed by atoms with Crippen LogP contribution in [0, 0.1) is 13.8 Å². The van der Waals surface area contributed by atoms with Gasteiger partial charge in [-0.05, 0) is 44.2 Å². The van der Waals surface area contributed by atoms with Crippen molar-refractivity contribution < 1.29 is 14.3 Å². The van der Waals surface area contributed by atoms with Gasteiger partial charge in [0.1, 0.15) is 0 Å². The largest absolute Gasteiger partial charge is 0.402 e. The van der Waals surface area contributed by atoms with Gasteiger partial charge in [0.25, 0.3) is 0 Å². The summed E-state index contributed by atoms with van der Waals surface area (Å²) in [6, 6.07) is 15.2. The molecule has 0 radical (unpaired) electrons. The minimum atomic E-state index is -0.523. The summed E-state index contributed by atoms with van der Waals surface area (Å²) in [6.45, 7) is 5.45. The number of rotatable bonds is 4. The molecule has 0 N–H and O–H groups in total. The number of aliphatic imine (C=N–C) groups is 1. The van der Waals surface area contributed by atoms with Crippen molar-refractivity contribution in [2.45, 2.75) is 20.8 Å². The quantitative estimate of drug-likeness (QED) is 0.452. The molecule has 0 bridgehead atoms. The minimum absolute atomic E-state index is 0.148. The van der Waals surface area contributed by atoms with Crippen LogP contribution in [0.1, 0.15) is 29.3 Å². The number of thiazole rings is 1. The van der Waals surface area contributed by atoms with E-state index in [1.54, 1.807) is 11.5 Å². The van der Waals surface area contributed by atoms with E-state index in [0.717, 1.165) is 22.4 Å². The van der Waals surface area contributed by atoms with E-state index < -0.39 is 5.97 Å². The molecule has 6 nitrogen and oxygen atoms in total. The normalized spacial score (nSPS) is 14.6. The third kappa shape index (κ3) is 4.06. The zero-order valence-corrected chi connectivity index (χ0v) is 17.6. The summed E-state index contributed by atoms with van der Waals surface area (Å²) in [5, 5.41) is 2.30. The average molecular weight is 417 g/mol. The Hall–Kier alpha value is -3.58. The number of cyclic esters (lactones) is 1. The van der Waals surface area contributed by atoms with Gasteiger partial charge in [-0.15, -0.1) is 11.3 Å². The third-order valence-corrected chi connectivity index (χ3v) is 5.25. The summed E-state index contributed by atoms with van der Waals surface area (Å²) in [6.07, 6.45) is 1.57. The van der Waals surface area contributed by atoms with Gasteiger partial charge in [-0.3, -0.25) is 9.69 Å². The van der Waals surface area contributed by atoms with E-state index in [0.29, 0.717) is 10.8 Å². The van der Waals surface area contributed by atoms with Crippen LogP contribution >= 0.6 is 11.3 Å². The van der Waals surface area contributed by atoms with Crippen LogP contribution in [0.5, 0.6) is 0 Å². The fourth-order valence-corrected chi connectivity index (χ4v) is 4.06. The zero-order valence-electron chi connectivity index (χ0n) is 16.7. The van der Waals surface area contributed by atoms with Gasteiger partial charge in [-0.25, -0.2) is 14.8 Å². The molecular formula is C23H19N3O3S. The maximum atomic E-state index is 12.3. The van der Waals surface area contributed by atoms with E-state index in [9.17, 15) is 9.59 Å². The Morgan fingerprint density at radius 2 is 1.80 bits per heavy atom. The molecule has 2 heterocycles. The van der Waals surface area contributed by atoms with Crippen LogP contribution in [-0.2, 0) is 14.3 Å². The predicted octanol–water partition coefficient (Wildman–Crippen LogP) is 4.79. The zero-order chi connectivity index (χ0) is 21.3. The first-order valence-electron chi connectivity index (χ1n) is 9.33. The van der Waals surface area contributed by atoms with Crippen molar-refractivity contribution in [2.24, 2.45) is 4.99 Å². The van der Waals surface area contributed by atoms with E-state index in [2.05, 4.69) is 9.98 Å². The molecule has 0 aliphatic carbocycles. The summed E-state index contributed by atoms with van der Waals surface area (Å²) in [5.74, 6) is -0.390. The van der Waals surface area contributed by atoms with Gasteiger partial charge in [-0.2, -0.15) is 0 Å². The number of anilines is 2. The third-order valence-electron chi connectivity index (χ3n) is 4.40. The maximum Gasteiger partial charge on any atom is 0.363 e. The van der Waals surface area contributed by atoms with Crippen LogP contribution in [0.4, 0.5) is 10.8 Å². The second-order valence-electron chi connectivity index (χ2n) is 6.96. The van der Waals surface area contributed by atoms with Crippen molar-refractivity contribution >= 4 is 46.0 Å². The number of aryl methyl sites for hydroxylation is 2. The first kappa shape index (κ1) is 19.7. The molecule has 7 heteroatoms. The van der Waals surface area contributed by atoms with Gasteiger partial charge < -0.3 is 4.74 Å². The Bertz CT molecular complexity index is 1180. The molecule has 0 saturated heterocycles. The van der Waals surface area contributed by atoms with Crippen LogP contribution in [0.15, 0.2) is 64.6 Å². The number of carbonyl (C=O) groups is 2. The summed E-state index contributed by atoms with van der Waals surface area (Å²) in [5.41, 5.74) is 4.33. The molecule has 1 amide bonds. The minimum Gasteiger partial charge on any atom is -0.402 e. The number of benzene rings is 2. The molecule has 0 unspecified atom stereocenters. The molecule has 0 spiro atoms. The lowest BCUT2D eigenvalue weighted by molar-refractivity contribution is -0.130. The molecule has 3 aromatic rings. The van der Waals surface area contributed by atoms with Crippen LogP contribution in [0.2, 0.25) is 0 Å². The van der Waals surface area contributed by atoms with Crippen LogP contribution in [0.3, 0.4) is 0 Å². The highest BCUT2D eigenvalue weighted by Crippen LogP contribution is 2.30. The lowest BCUT2D eigenvalue weighted by Gasteiger charge is -2.17. The fourth-order valence-electron chi connectivity index (χ4n) is 3.22. The first-order chi connectivity index (χ1) is 14.4. The number of ether oxygens (including phenoxy) is 1. The second kappa shape index (κ2) is 8.04. The molecule has 1 aromatic heterocycles. The standard InChI is InChI=1S/C23H19N3O3S/c1-14-9-15(2)11-17(10-14)21-25-20(22(28)29-21)12-18-13-30-23(24-18)26(16(3)27)19-7-5-4-6-8-19/h4-13H,1-3H3/b20-12+. The Morgan fingerprint density at radius 1 is 1.10 bits per heavy atom. The monoisotopic (exact) mass is 417 g/mol. The van der Waals surface area contributed by atoms with Gasteiger partial charge >= 0.3 is 5.97 Å². The highest BCUT2D eigenvalue weighted by atomic mass is 32.1. The molecule has 0 atom stereocenters. The summed E-state index contributed by atoms with van der Waals surface area (Å²) < 4.78 is 5.36. The second-order valence-corrected chi connectivity index (χ2v) is 7.79. The summed E-state index contributed by atoms with van der Waals surface area (Å²) in [4.78, 5) is 34.9. The fraction of sp³-hybridized carbons (Fsp3) is 0.130. The Labute approximate surface area is 178 Å². The van der Waals surface area contributed by atoms with Crippen LogP contribution < -0.4 is 4.90 Å². The van der Waals surface area contributed by atoms with Crippen molar-refractivity contribution in [3.8, 4) is 0 Å². The SMILES string of the molecule is CC(=O)N(c1ccccc1)c1nc(/C=C2/N=C(c3cc(C)cc(C)c3)OC2=O)cs1. The molecule has 4 rings (SSSR count). The Kier molecular flexibility index (Phi) is 5.29. The van der Waals surface area contributed by atoms with Crippen LogP contribution in [-0.4, -0.2) is 22.8 Å². The van der Waals surface area contributed by atoms with Crippen LogP contribution in [0.25, 0.3) is 6.08 Å². The van der Waals surface area contributed by atoms with Gasteiger partial charge in [-0.1, -0.05) is 35.4 Å². The van der Waals surface area contributed by atoms with E-state index in [4.69, 9.17) is 4.74 Å². The van der Waals surface area contributed by atoms with E-state index in [1.807, 2.05) is 62.4 Å². The van der Waals surface area contributed by atoms with Crippen molar-refractivity contribution in [3.63, 3.8) is 0 Å². The van der Waals surface area contributed by atoms with Crippen molar-refractivity contribution in [3.05, 3.63) is 82.0 Å². The smallest absolute Gasteiger partial charge is 0.363 e. The molecule has 30 heavy (non-hydrogen) atoms. The lowest BCUT2D eigenvalue weighted by Crippen LogP contribution is -2.22. The average Bonchev–Trinajstić information content (AvgIpc) is 3.29. The van der Waals surface area contributed by atoms with Gasteiger partial charge in [0.05, 0.1) is 11.4 Å². The number of esters is 1. The Morgan fingerprint density at radius 3 is 2.47 bits per heavy atom. The topological polar surface area (TPSA) is 71.9 Å². The van der Waals surface area contributed by atoms with Crippen molar-refractivity contribution in [1.29, 1.82) is 0 Å². The molecule has 1 aliphatic heterocycles. The van der Waals surface area contributed by atoms with E-state index in [-0.39, 0.29) is 17.5 Å². The molecule has 150 valence electrons. The summed E-state index contributed by atoms with van der Waals surface area (Å²) >= 11 is 1.32. The lowest BCUT2D eigenvalue weighted by atomic mass is 10.1. The van der Waals surface area contributed by atoms with E-state index in [1.165, 1.54) is 23.2 Å². The van der Waals surface area contributed by atoms with Gasteiger partial charge in [0.15, 0.2) is 10.8 Å². The van der Waals surface area contributed by atoms with Crippen molar-refractivity contribution in [2.75, 3.05) is 4.90 Å². The molecular weight excluding hydrogens is 398 g/mol. The van der Waals surface area contributed by atoms with Crippen molar-refractivity contribution in [1.82, 2.24) is 4.98 Å². The number of aromatic nitrogens is 1. The number of amides is 1. The molecule has 0 saturated carbocycles. The molecule has 0 fully saturated rings. The number of para-hydroxylation sites is 1.